The first-order chi connectivity index (χ1) is 7.24. The van der Waals surface area contributed by atoms with Gasteiger partial charge in [0, 0.05) is 6.54 Å². The van der Waals surface area contributed by atoms with Crippen LogP contribution in [0.5, 0.6) is 0 Å². The highest BCUT2D eigenvalue weighted by Gasteiger charge is 2.30. The van der Waals surface area contributed by atoms with E-state index in [0.29, 0.717) is 0 Å². The lowest BCUT2D eigenvalue weighted by molar-refractivity contribution is -0.122. The average Bonchev–Trinajstić information content (AvgIpc) is 2.20. The molecule has 1 aromatic rings. The molecular weight excluding hydrogens is 174 g/mol. The van der Waals surface area contributed by atoms with Crippen LogP contribution in [0.2, 0.25) is 1.41 Å². The van der Waals surface area contributed by atoms with Crippen LogP contribution in [0.25, 0.3) is 0 Å². The Morgan fingerprint density at radius 2 is 2.50 bits per heavy atom. The van der Waals surface area contributed by atoms with Crippen molar-refractivity contribution in [1.29, 1.82) is 0 Å². The summed E-state index contributed by atoms with van der Waals surface area (Å²) in [7, 11) is 0. The van der Waals surface area contributed by atoms with Crippen molar-refractivity contribution in [1.82, 2.24) is 5.31 Å². The Morgan fingerprint density at radius 3 is 3.21 bits per heavy atom. The average molecular weight is 188 g/mol. The molecule has 0 fully saturated rings. The second-order valence-corrected chi connectivity index (χ2v) is 3.42. The van der Waals surface area contributed by atoms with Crippen molar-refractivity contribution in [3.05, 3.63) is 48.0 Å². The first-order valence-electron chi connectivity index (χ1n) is 5.17. The summed E-state index contributed by atoms with van der Waals surface area (Å²) in [6.45, 7) is 3.81. The van der Waals surface area contributed by atoms with Gasteiger partial charge in [-0.2, -0.15) is 0 Å². The van der Waals surface area contributed by atoms with Gasteiger partial charge in [0.1, 0.15) is 0 Å². The maximum atomic E-state index is 11.8. The lowest BCUT2D eigenvalue weighted by Gasteiger charge is -2.28. The van der Waals surface area contributed by atoms with Crippen LogP contribution in [0.4, 0.5) is 0 Å². The van der Waals surface area contributed by atoms with E-state index in [2.05, 4.69) is 6.58 Å². The SMILES string of the molecule is [2H]N(CC=C)C(=O)C1Cc2ccccc21. The summed E-state index contributed by atoms with van der Waals surface area (Å²) in [5, 5.41) is 0.980. The number of hydrogen-bond donors (Lipinski definition) is 1. The standard InChI is InChI=1S/C12H13NO/c1-2-7-13-12(14)11-8-9-5-3-4-6-10(9)11/h2-6,11H,1,7-8H2,(H,13,14)/i/hD. The zero-order valence-corrected chi connectivity index (χ0v) is 7.94. The van der Waals surface area contributed by atoms with Crippen molar-refractivity contribution >= 4 is 5.91 Å². The van der Waals surface area contributed by atoms with Gasteiger partial charge in [0.05, 0.1) is 5.92 Å². The molecule has 72 valence electrons. The minimum Gasteiger partial charge on any atom is -0.352 e. The van der Waals surface area contributed by atoms with E-state index < -0.39 is 0 Å². The summed E-state index contributed by atoms with van der Waals surface area (Å²) in [6.07, 6.45) is 2.33. The normalized spacial score (nSPS) is 18.9. The molecule has 1 aliphatic carbocycles. The number of fused-ring (bicyclic) bond motifs is 1. The lowest BCUT2D eigenvalue weighted by atomic mass is 9.77. The molecule has 1 aromatic carbocycles. The van der Waals surface area contributed by atoms with Gasteiger partial charge in [-0.05, 0) is 17.5 Å². The van der Waals surface area contributed by atoms with Gasteiger partial charge in [-0.1, -0.05) is 30.3 Å². The van der Waals surface area contributed by atoms with Gasteiger partial charge in [0.2, 0.25) is 5.91 Å². The van der Waals surface area contributed by atoms with E-state index in [4.69, 9.17) is 1.41 Å². The van der Waals surface area contributed by atoms with Gasteiger partial charge in [-0.3, -0.25) is 4.79 Å². The fourth-order valence-electron chi connectivity index (χ4n) is 1.74. The highest BCUT2D eigenvalue weighted by Crippen LogP contribution is 2.34. The van der Waals surface area contributed by atoms with E-state index >= 15 is 0 Å². The zero-order valence-electron chi connectivity index (χ0n) is 8.94. The van der Waals surface area contributed by atoms with Crippen molar-refractivity contribution in [3.8, 4) is 0 Å². The van der Waals surface area contributed by atoms with Crippen LogP contribution in [-0.4, -0.2) is 12.5 Å². The third-order valence-corrected chi connectivity index (χ3v) is 2.53. The number of carbonyl (C=O) groups excluding carboxylic acids is 1. The molecule has 0 spiro atoms. The van der Waals surface area contributed by atoms with Crippen molar-refractivity contribution in [3.63, 3.8) is 0 Å². The summed E-state index contributed by atoms with van der Waals surface area (Å²) in [6, 6.07) is 7.89. The van der Waals surface area contributed by atoms with E-state index in [-0.39, 0.29) is 18.4 Å². The third-order valence-electron chi connectivity index (χ3n) is 2.53. The molecule has 0 aliphatic heterocycles. The highest BCUT2D eigenvalue weighted by molar-refractivity contribution is 5.86. The molecule has 14 heavy (non-hydrogen) atoms. The molecule has 1 unspecified atom stereocenters. The predicted octanol–water partition coefficient (Wildman–Crippen LogP) is 1.63. The van der Waals surface area contributed by atoms with Crippen LogP contribution in [0, 0.1) is 0 Å². The smallest absolute Gasteiger partial charge is 0.228 e. The molecule has 0 saturated heterocycles. The topological polar surface area (TPSA) is 29.1 Å². The molecule has 1 atom stereocenters. The van der Waals surface area contributed by atoms with Crippen LogP contribution >= 0.6 is 0 Å². The molecule has 2 heteroatoms. The molecule has 0 heterocycles. The van der Waals surface area contributed by atoms with Crippen molar-refractivity contribution in [2.45, 2.75) is 12.3 Å². The second kappa shape index (κ2) is 3.66. The van der Waals surface area contributed by atoms with Crippen molar-refractivity contribution in [2.75, 3.05) is 6.54 Å². The van der Waals surface area contributed by atoms with Gasteiger partial charge < -0.3 is 5.31 Å². The number of carbonyl (C=O) groups is 1. The minimum atomic E-state index is -0.131. The number of rotatable bonds is 3. The first-order valence-corrected chi connectivity index (χ1v) is 4.73. The van der Waals surface area contributed by atoms with E-state index in [1.807, 2.05) is 24.3 Å². The van der Waals surface area contributed by atoms with Gasteiger partial charge in [-0.25, -0.2) is 0 Å². The molecule has 1 amide bonds. The molecule has 2 nitrogen and oxygen atoms in total. The number of nitrogens with one attached hydrogen (secondary N) is 1. The monoisotopic (exact) mass is 188 g/mol. The van der Waals surface area contributed by atoms with Crippen LogP contribution in [0.1, 0.15) is 17.0 Å². The Balaban J connectivity index is 2.10. The van der Waals surface area contributed by atoms with E-state index in [1.165, 1.54) is 5.56 Å². The zero-order chi connectivity index (χ0) is 10.8. The largest absolute Gasteiger partial charge is 0.352 e. The molecule has 0 aromatic heterocycles. The Kier molecular flexibility index (Phi) is 2.04. The highest BCUT2D eigenvalue weighted by atomic mass is 16.1. The first kappa shape index (κ1) is 7.80. The second-order valence-electron chi connectivity index (χ2n) is 3.42. The number of benzene rings is 1. The fraction of sp³-hybridized carbons (Fsp3) is 0.250. The van der Waals surface area contributed by atoms with Gasteiger partial charge in [0.15, 0.2) is 1.41 Å². The lowest BCUT2D eigenvalue weighted by Crippen LogP contribution is -2.35. The van der Waals surface area contributed by atoms with Gasteiger partial charge in [-0.15, -0.1) is 6.58 Å². The fourth-order valence-corrected chi connectivity index (χ4v) is 1.74. The predicted molar refractivity (Wildman–Crippen MR) is 56.1 cm³/mol. The van der Waals surface area contributed by atoms with Crippen LogP contribution in [0.3, 0.4) is 0 Å². The Hall–Kier alpha value is -1.57. The maximum Gasteiger partial charge on any atom is 0.228 e. The summed E-state index contributed by atoms with van der Waals surface area (Å²) in [5.74, 6) is -0.243. The van der Waals surface area contributed by atoms with Crippen molar-refractivity contribution in [2.24, 2.45) is 0 Å². The van der Waals surface area contributed by atoms with E-state index in [9.17, 15) is 4.79 Å². The molecule has 0 radical (unpaired) electrons. The van der Waals surface area contributed by atoms with E-state index in [0.717, 1.165) is 17.3 Å². The summed E-state index contributed by atoms with van der Waals surface area (Å²) < 4.78 is 7.50. The number of hydrogen-bond acceptors (Lipinski definition) is 1. The number of amides is 1. The minimum absolute atomic E-state index is 0.112. The molecule has 2 rings (SSSR count). The molecular formula is C12H13NO. The summed E-state index contributed by atoms with van der Waals surface area (Å²) in [5.41, 5.74) is 2.30. The van der Waals surface area contributed by atoms with Gasteiger partial charge >= 0.3 is 0 Å². The van der Waals surface area contributed by atoms with Crippen LogP contribution in [0.15, 0.2) is 36.9 Å². The molecule has 0 bridgehead atoms. The summed E-state index contributed by atoms with van der Waals surface area (Å²) in [4.78, 5) is 11.8. The third kappa shape index (κ3) is 1.43. The van der Waals surface area contributed by atoms with Crippen LogP contribution < -0.4 is 5.31 Å². The molecule has 0 saturated carbocycles. The van der Waals surface area contributed by atoms with Crippen LogP contribution in [-0.2, 0) is 11.2 Å². The van der Waals surface area contributed by atoms with E-state index in [1.54, 1.807) is 6.08 Å². The Morgan fingerprint density at radius 1 is 1.71 bits per heavy atom. The molecule has 1 N–H and O–H groups in total. The van der Waals surface area contributed by atoms with Gasteiger partial charge in [0.25, 0.3) is 0 Å². The Labute approximate surface area is 85.1 Å². The maximum absolute atomic E-state index is 11.8. The summed E-state index contributed by atoms with van der Waals surface area (Å²) >= 11 is 0. The quantitative estimate of drug-likeness (QED) is 0.718. The Bertz CT molecular complexity index is 402. The van der Waals surface area contributed by atoms with Crippen molar-refractivity contribution < 1.29 is 6.21 Å². The molecule has 1 aliphatic rings.